The van der Waals surface area contributed by atoms with Crippen LogP contribution in [0.5, 0.6) is 0 Å². The van der Waals surface area contributed by atoms with Gasteiger partial charge in [0.2, 0.25) is 0 Å². The van der Waals surface area contributed by atoms with Crippen molar-refractivity contribution in [2.75, 3.05) is 33.2 Å². The lowest BCUT2D eigenvalue weighted by Crippen LogP contribution is -2.48. The molecule has 1 amide bonds. The summed E-state index contributed by atoms with van der Waals surface area (Å²) in [6.07, 6.45) is 1.66. The molecule has 0 atom stereocenters. The fourth-order valence-corrected chi connectivity index (χ4v) is 4.03. The van der Waals surface area contributed by atoms with Gasteiger partial charge in [-0.15, -0.1) is 0 Å². The highest BCUT2D eigenvalue weighted by Crippen LogP contribution is 2.29. The highest BCUT2D eigenvalue weighted by Gasteiger charge is 2.26. The highest BCUT2D eigenvalue weighted by molar-refractivity contribution is 5.99. The molecule has 7 heteroatoms. The maximum absolute atomic E-state index is 13.4. The molecule has 0 unspecified atom stereocenters. The van der Waals surface area contributed by atoms with Crippen LogP contribution in [0.3, 0.4) is 0 Å². The number of aromatic nitrogens is 3. The topological polar surface area (TPSA) is 63.4 Å². The third-order valence-corrected chi connectivity index (χ3v) is 5.78. The number of piperazine rings is 1. The molecular weight excluding hydrogens is 378 g/mol. The number of pyridine rings is 1. The second-order valence-electron chi connectivity index (χ2n) is 7.91. The molecule has 3 aliphatic heterocycles. The highest BCUT2D eigenvalue weighted by atomic mass is 16.2. The number of para-hydroxylation sites is 1. The number of hydrogen-bond donors (Lipinski definition) is 0. The SMILES string of the molecule is Cc1ccc2c(c1)c1nn(-c3ccccc3)c(=O)c-1cn2C(=O)N1CCN(C)CC1. The maximum atomic E-state index is 13.4. The van der Waals surface area contributed by atoms with Crippen LogP contribution >= 0.6 is 0 Å². The number of fused-ring (bicyclic) bond motifs is 3. The number of carbonyl (C=O) groups excluding carboxylic acids is 1. The summed E-state index contributed by atoms with van der Waals surface area (Å²) in [6.45, 7) is 5.01. The van der Waals surface area contributed by atoms with Crippen molar-refractivity contribution in [3.8, 4) is 16.9 Å². The Labute approximate surface area is 174 Å². The van der Waals surface area contributed by atoms with Gasteiger partial charge in [-0.1, -0.05) is 29.8 Å². The summed E-state index contributed by atoms with van der Waals surface area (Å²) in [5.74, 6) is 0. The van der Waals surface area contributed by atoms with Gasteiger partial charge in [-0.05, 0) is 38.2 Å². The second kappa shape index (κ2) is 7.11. The number of hydrogen-bond acceptors (Lipinski definition) is 4. The van der Waals surface area contributed by atoms with E-state index in [2.05, 4.69) is 17.0 Å². The van der Waals surface area contributed by atoms with Crippen molar-refractivity contribution in [2.24, 2.45) is 0 Å². The molecule has 3 heterocycles. The van der Waals surface area contributed by atoms with E-state index < -0.39 is 0 Å². The van der Waals surface area contributed by atoms with Gasteiger partial charge in [-0.3, -0.25) is 9.36 Å². The van der Waals surface area contributed by atoms with Gasteiger partial charge in [0.15, 0.2) is 0 Å². The van der Waals surface area contributed by atoms with Gasteiger partial charge in [-0.2, -0.15) is 9.78 Å². The van der Waals surface area contributed by atoms with Crippen LogP contribution in [0.15, 0.2) is 59.5 Å². The van der Waals surface area contributed by atoms with Gasteiger partial charge in [0.25, 0.3) is 5.56 Å². The van der Waals surface area contributed by atoms with E-state index in [9.17, 15) is 9.59 Å². The van der Waals surface area contributed by atoms with Crippen molar-refractivity contribution in [1.29, 1.82) is 0 Å². The van der Waals surface area contributed by atoms with E-state index >= 15 is 0 Å². The van der Waals surface area contributed by atoms with E-state index in [4.69, 9.17) is 0 Å². The monoisotopic (exact) mass is 401 g/mol. The predicted molar refractivity (Wildman–Crippen MR) is 117 cm³/mol. The summed E-state index contributed by atoms with van der Waals surface area (Å²) in [5, 5.41) is 5.44. The van der Waals surface area contributed by atoms with Crippen molar-refractivity contribution in [3.63, 3.8) is 0 Å². The van der Waals surface area contributed by atoms with Gasteiger partial charge in [0.05, 0.1) is 16.8 Å². The molecule has 5 rings (SSSR count). The Morgan fingerprint density at radius 1 is 1.00 bits per heavy atom. The fraction of sp³-hybridized carbons (Fsp3) is 0.261. The van der Waals surface area contributed by atoms with Crippen molar-refractivity contribution < 1.29 is 4.79 Å². The molecule has 30 heavy (non-hydrogen) atoms. The average molecular weight is 401 g/mol. The molecule has 0 spiro atoms. The fourth-order valence-electron chi connectivity index (χ4n) is 4.03. The Balaban J connectivity index is 1.73. The Kier molecular flexibility index (Phi) is 4.40. The molecule has 1 saturated heterocycles. The zero-order valence-corrected chi connectivity index (χ0v) is 17.1. The predicted octanol–water partition coefficient (Wildman–Crippen LogP) is 2.82. The summed E-state index contributed by atoms with van der Waals surface area (Å²) in [7, 11) is 2.06. The van der Waals surface area contributed by atoms with Crippen LogP contribution in [-0.4, -0.2) is 63.4 Å². The van der Waals surface area contributed by atoms with Crippen molar-refractivity contribution in [1.82, 2.24) is 24.1 Å². The second-order valence-corrected chi connectivity index (χ2v) is 7.91. The Hall–Kier alpha value is -3.45. The molecule has 0 aliphatic carbocycles. The normalized spacial score (nSPS) is 15.2. The minimum Gasteiger partial charge on any atom is -0.321 e. The zero-order chi connectivity index (χ0) is 20.8. The molecule has 2 aromatic carbocycles. The largest absolute Gasteiger partial charge is 0.328 e. The first-order valence-corrected chi connectivity index (χ1v) is 10.1. The number of aryl methyl sites for hydroxylation is 1. The van der Waals surface area contributed by atoms with E-state index in [0.29, 0.717) is 30.0 Å². The molecule has 7 nitrogen and oxygen atoms in total. The van der Waals surface area contributed by atoms with Crippen LogP contribution < -0.4 is 5.56 Å². The zero-order valence-electron chi connectivity index (χ0n) is 17.1. The Bertz CT molecular complexity index is 1270. The summed E-state index contributed by atoms with van der Waals surface area (Å²) >= 11 is 0. The minimum atomic E-state index is -0.223. The van der Waals surface area contributed by atoms with Gasteiger partial charge >= 0.3 is 6.03 Å². The minimum absolute atomic E-state index is 0.106. The lowest BCUT2D eigenvalue weighted by molar-refractivity contribution is 0.156. The third-order valence-electron chi connectivity index (χ3n) is 5.78. The molecule has 3 aliphatic rings. The Morgan fingerprint density at radius 3 is 2.47 bits per heavy atom. The standard InChI is InChI=1S/C23H23N5O2/c1-16-8-9-20-18(14-16)21-19(22(29)28(24-21)17-6-4-3-5-7-17)15-27(20)23(30)26-12-10-25(2)11-13-26/h3-9,14-15H,10-13H2,1-2H3. The third kappa shape index (κ3) is 2.98. The van der Waals surface area contributed by atoms with Crippen LogP contribution in [0.4, 0.5) is 4.79 Å². The number of likely N-dealkylation sites (N-methyl/N-ethyl adjacent to an activating group) is 1. The van der Waals surface area contributed by atoms with E-state index in [1.807, 2.05) is 60.4 Å². The van der Waals surface area contributed by atoms with Gasteiger partial charge in [-0.25, -0.2) is 4.79 Å². The number of rotatable bonds is 1. The van der Waals surface area contributed by atoms with E-state index in [-0.39, 0.29) is 11.6 Å². The molecule has 2 aromatic rings. The van der Waals surface area contributed by atoms with Crippen LogP contribution in [0.2, 0.25) is 0 Å². The van der Waals surface area contributed by atoms with Crippen LogP contribution in [-0.2, 0) is 0 Å². The van der Waals surface area contributed by atoms with Crippen molar-refractivity contribution in [3.05, 3.63) is 70.6 Å². The smallest absolute Gasteiger partial charge is 0.321 e. The summed E-state index contributed by atoms with van der Waals surface area (Å²) in [4.78, 5) is 30.6. The van der Waals surface area contributed by atoms with Gasteiger partial charge in [0.1, 0.15) is 5.69 Å². The quantitative estimate of drug-likeness (QED) is 0.492. The number of benzene rings is 2. The first-order valence-electron chi connectivity index (χ1n) is 10.1. The first kappa shape index (κ1) is 18.6. The van der Waals surface area contributed by atoms with E-state index in [0.717, 1.165) is 29.6 Å². The van der Waals surface area contributed by atoms with E-state index in [1.165, 1.54) is 4.68 Å². The number of carbonyl (C=O) groups is 1. The lowest BCUT2D eigenvalue weighted by atomic mass is 10.1. The maximum Gasteiger partial charge on any atom is 0.328 e. The molecule has 1 fully saturated rings. The van der Waals surface area contributed by atoms with Crippen LogP contribution in [0.25, 0.3) is 27.8 Å². The summed E-state index contributed by atoms with van der Waals surface area (Å²) < 4.78 is 3.03. The number of amides is 1. The van der Waals surface area contributed by atoms with Crippen LogP contribution in [0, 0.1) is 6.92 Å². The summed E-state index contributed by atoms with van der Waals surface area (Å²) in [6, 6.07) is 15.2. The van der Waals surface area contributed by atoms with Gasteiger partial charge < -0.3 is 9.80 Å². The van der Waals surface area contributed by atoms with E-state index in [1.54, 1.807) is 10.8 Å². The molecule has 0 N–H and O–H groups in total. The average Bonchev–Trinajstić information content (AvgIpc) is 3.10. The first-order chi connectivity index (χ1) is 14.5. The lowest BCUT2D eigenvalue weighted by Gasteiger charge is -2.33. The van der Waals surface area contributed by atoms with Crippen molar-refractivity contribution in [2.45, 2.75) is 6.92 Å². The molecule has 152 valence electrons. The molecule has 0 aromatic heterocycles. The number of nitrogens with zero attached hydrogens (tertiary/aromatic N) is 5. The van der Waals surface area contributed by atoms with Gasteiger partial charge in [0, 0.05) is 37.8 Å². The van der Waals surface area contributed by atoms with Crippen LogP contribution in [0.1, 0.15) is 5.56 Å². The molecule has 0 bridgehead atoms. The summed E-state index contributed by atoms with van der Waals surface area (Å²) in [5.41, 5.74) is 3.35. The van der Waals surface area contributed by atoms with Crippen molar-refractivity contribution >= 4 is 16.9 Å². The molecule has 0 radical (unpaired) electrons. The molecule has 0 saturated carbocycles. The molecular formula is C23H23N5O2. The Morgan fingerprint density at radius 2 is 1.73 bits per heavy atom.